The van der Waals surface area contributed by atoms with E-state index in [1.54, 1.807) is 18.3 Å². The lowest BCUT2D eigenvalue weighted by atomic mass is 10.1. The molecule has 3 rings (SSSR count). The number of hydrogen-bond donors (Lipinski definition) is 2. The summed E-state index contributed by atoms with van der Waals surface area (Å²) >= 11 is 1.43. The Morgan fingerprint density at radius 2 is 1.75 bits per heavy atom. The number of carbonyl (C=O) groups is 2. The van der Waals surface area contributed by atoms with Gasteiger partial charge in [0.15, 0.2) is 0 Å². The van der Waals surface area contributed by atoms with Crippen molar-refractivity contribution in [2.75, 3.05) is 10.6 Å². The molecule has 1 heterocycles. The lowest BCUT2D eigenvalue weighted by Gasteiger charge is -2.12. The van der Waals surface area contributed by atoms with Gasteiger partial charge in [0.2, 0.25) is 11.8 Å². The Morgan fingerprint density at radius 1 is 0.964 bits per heavy atom. The second-order valence-corrected chi connectivity index (χ2v) is 7.62. The van der Waals surface area contributed by atoms with Gasteiger partial charge in [-0.25, -0.2) is 4.98 Å². The SMILES string of the molecule is CC(Sc1cccc(NC(=O)Cc2ccccc2)c1)C(=O)Nc1ccccn1. The van der Waals surface area contributed by atoms with E-state index in [-0.39, 0.29) is 17.1 Å². The Morgan fingerprint density at radius 3 is 2.50 bits per heavy atom. The quantitative estimate of drug-likeness (QED) is 0.586. The first-order valence-corrected chi connectivity index (χ1v) is 9.80. The summed E-state index contributed by atoms with van der Waals surface area (Å²) in [6, 6.07) is 22.5. The summed E-state index contributed by atoms with van der Waals surface area (Å²) in [6.45, 7) is 1.84. The van der Waals surface area contributed by atoms with Crippen molar-refractivity contribution in [1.29, 1.82) is 0 Å². The minimum atomic E-state index is -0.308. The van der Waals surface area contributed by atoms with E-state index < -0.39 is 0 Å². The van der Waals surface area contributed by atoms with Gasteiger partial charge in [0, 0.05) is 16.8 Å². The molecule has 1 aromatic heterocycles. The first-order chi connectivity index (χ1) is 13.6. The summed E-state index contributed by atoms with van der Waals surface area (Å²) in [7, 11) is 0. The highest BCUT2D eigenvalue weighted by Crippen LogP contribution is 2.26. The van der Waals surface area contributed by atoms with Crippen molar-refractivity contribution in [2.24, 2.45) is 0 Å². The highest BCUT2D eigenvalue weighted by molar-refractivity contribution is 8.00. The molecule has 1 atom stereocenters. The second-order valence-electron chi connectivity index (χ2n) is 6.20. The number of hydrogen-bond acceptors (Lipinski definition) is 4. The topological polar surface area (TPSA) is 71.1 Å². The van der Waals surface area contributed by atoms with E-state index in [0.29, 0.717) is 17.9 Å². The van der Waals surface area contributed by atoms with E-state index in [9.17, 15) is 9.59 Å². The maximum absolute atomic E-state index is 12.3. The predicted octanol–water partition coefficient (Wildman–Crippen LogP) is 4.38. The van der Waals surface area contributed by atoms with Crippen molar-refractivity contribution in [1.82, 2.24) is 4.98 Å². The zero-order valence-corrected chi connectivity index (χ0v) is 16.3. The molecule has 0 aliphatic heterocycles. The number of benzene rings is 2. The average Bonchev–Trinajstić information content (AvgIpc) is 2.69. The Balaban J connectivity index is 1.56. The fraction of sp³-hybridized carbons (Fsp3) is 0.136. The Kier molecular flexibility index (Phi) is 6.81. The van der Waals surface area contributed by atoms with Gasteiger partial charge in [-0.3, -0.25) is 9.59 Å². The molecule has 0 fully saturated rings. The molecule has 2 aromatic carbocycles. The largest absolute Gasteiger partial charge is 0.326 e. The van der Waals surface area contributed by atoms with E-state index in [1.807, 2.05) is 67.6 Å². The number of amides is 2. The first kappa shape index (κ1) is 19.6. The molecule has 3 aromatic rings. The molecule has 0 saturated carbocycles. The smallest absolute Gasteiger partial charge is 0.238 e. The van der Waals surface area contributed by atoms with Crippen LogP contribution in [-0.2, 0) is 16.0 Å². The lowest BCUT2D eigenvalue weighted by Crippen LogP contribution is -2.22. The fourth-order valence-electron chi connectivity index (χ4n) is 2.56. The van der Waals surface area contributed by atoms with Crippen molar-refractivity contribution in [3.05, 3.63) is 84.6 Å². The highest BCUT2D eigenvalue weighted by Gasteiger charge is 2.15. The Labute approximate surface area is 168 Å². The molecule has 0 aliphatic carbocycles. The van der Waals surface area contributed by atoms with Gasteiger partial charge in [0.25, 0.3) is 0 Å². The van der Waals surface area contributed by atoms with Gasteiger partial charge in [-0.1, -0.05) is 42.5 Å². The number of pyridine rings is 1. The molecular weight excluding hydrogens is 370 g/mol. The molecular formula is C22H21N3O2S. The number of nitrogens with one attached hydrogen (secondary N) is 2. The monoisotopic (exact) mass is 391 g/mol. The molecule has 0 radical (unpaired) electrons. The van der Waals surface area contributed by atoms with Gasteiger partial charge in [-0.2, -0.15) is 0 Å². The minimum Gasteiger partial charge on any atom is -0.326 e. The van der Waals surface area contributed by atoms with E-state index in [2.05, 4.69) is 15.6 Å². The molecule has 0 aliphatic rings. The van der Waals surface area contributed by atoms with Gasteiger partial charge in [-0.05, 0) is 42.8 Å². The van der Waals surface area contributed by atoms with E-state index >= 15 is 0 Å². The summed E-state index contributed by atoms with van der Waals surface area (Å²) in [5.74, 6) is 0.332. The van der Waals surface area contributed by atoms with Crippen LogP contribution in [-0.4, -0.2) is 22.0 Å². The van der Waals surface area contributed by atoms with Gasteiger partial charge in [-0.15, -0.1) is 11.8 Å². The number of nitrogens with zero attached hydrogens (tertiary/aromatic N) is 1. The maximum atomic E-state index is 12.3. The number of anilines is 2. The molecule has 6 heteroatoms. The Hall–Kier alpha value is -3.12. The normalized spacial score (nSPS) is 11.5. The fourth-order valence-corrected chi connectivity index (χ4v) is 3.48. The van der Waals surface area contributed by atoms with Crippen molar-refractivity contribution in [2.45, 2.75) is 23.5 Å². The second kappa shape index (κ2) is 9.71. The van der Waals surface area contributed by atoms with Crippen LogP contribution in [0.4, 0.5) is 11.5 Å². The van der Waals surface area contributed by atoms with Gasteiger partial charge in [0.1, 0.15) is 5.82 Å². The predicted molar refractivity (Wildman–Crippen MR) is 113 cm³/mol. The van der Waals surface area contributed by atoms with Crippen LogP contribution < -0.4 is 10.6 Å². The average molecular weight is 391 g/mol. The first-order valence-electron chi connectivity index (χ1n) is 8.92. The molecule has 0 saturated heterocycles. The van der Waals surface area contributed by atoms with Crippen LogP contribution in [0, 0.1) is 0 Å². The van der Waals surface area contributed by atoms with Crippen molar-refractivity contribution in [3.8, 4) is 0 Å². The molecule has 142 valence electrons. The molecule has 0 bridgehead atoms. The van der Waals surface area contributed by atoms with Gasteiger partial charge in [0.05, 0.1) is 11.7 Å². The summed E-state index contributed by atoms with van der Waals surface area (Å²) in [6.07, 6.45) is 1.95. The summed E-state index contributed by atoms with van der Waals surface area (Å²) in [5.41, 5.74) is 1.67. The standard InChI is InChI=1S/C22H21N3O2S/c1-16(22(27)25-20-12-5-6-13-23-20)28-19-11-7-10-18(15-19)24-21(26)14-17-8-3-2-4-9-17/h2-13,15-16H,14H2,1H3,(H,24,26)(H,23,25,27). The summed E-state index contributed by atoms with van der Waals surface area (Å²) in [4.78, 5) is 29.6. The molecule has 2 N–H and O–H groups in total. The molecule has 28 heavy (non-hydrogen) atoms. The lowest BCUT2D eigenvalue weighted by molar-refractivity contribution is -0.116. The number of thioether (sulfide) groups is 1. The maximum Gasteiger partial charge on any atom is 0.238 e. The van der Waals surface area contributed by atoms with E-state index in [1.165, 1.54) is 11.8 Å². The minimum absolute atomic E-state index is 0.0747. The number of rotatable bonds is 7. The molecule has 5 nitrogen and oxygen atoms in total. The van der Waals surface area contributed by atoms with Crippen LogP contribution >= 0.6 is 11.8 Å². The van der Waals surface area contributed by atoms with Crippen molar-refractivity contribution < 1.29 is 9.59 Å². The van der Waals surface area contributed by atoms with Crippen LogP contribution in [0.5, 0.6) is 0 Å². The summed E-state index contributed by atoms with van der Waals surface area (Å²) in [5, 5.41) is 5.40. The summed E-state index contributed by atoms with van der Waals surface area (Å²) < 4.78 is 0. The van der Waals surface area contributed by atoms with Crippen LogP contribution in [0.1, 0.15) is 12.5 Å². The highest BCUT2D eigenvalue weighted by atomic mass is 32.2. The Bertz CT molecular complexity index is 933. The molecule has 1 unspecified atom stereocenters. The zero-order chi connectivity index (χ0) is 19.8. The van der Waals surface area contributed by atoms with Crippen LogP contribution in [0.15, 0.2) is 83.9 Å². The third-order valence-corrected chi connectivity index (χ3v) is 5.02. The number of carbonyl (C=O) groups excluding carboxylic acids is 2. The molecule has 0 spiro atoms. The third kappa shape index (κ3) is 5.96. The van der Waals surface area contributed by atoms with Crippen molar-refractivity contribution >= 4 is 35.1 Å². The van der Waals surface area contributed by atoms with E-state index in [0.717, 1.165) is 10.5 Å². The van der Waals surface area contributed by atoms with Crippen molar-refractivity contribution in [3.63, 3.8) is 0 Å². The molecule has 2 amide bonds. The van der Waals surface area contributed by atoms with Gasteiger partial charge < -0.3 is 10.6 Å². The van der Waals surface area contributed by atoms with Crippen LogP contribution in [0.3, 0.4) is 0 Å². The number of aromatic nitrogens is 1. The van der Waals surface area contributed by atoms with Gasteiger partial charge >= 0.3 is 0 Å². The van der Waals surface area contributed by atoms with Crippen LogP contribution in [0.25, 0.3) is 0 Å². The van der Waals surface area contributed by atoms with Crippen LogP contribution in [0.2, 0.25) is 0 Å². The van der Waals surface area contributed by atoms with E-state index in [4.69, 9.17) is 0 Å². The zero-order valence-electron chi connectivity index (χ0n) is 15.5. The third-order valence-electron chi connectivity index (χ3n) is 3.92.